The fourth-order valence-electron chi connectivity index (χ4n) is 3.21. The summed E-state index contributed by atoms with van der Waals surface area (Å²) in [5.41, 5.74) is 0. The van der Waals surface area contributed by atoms with E-state index >= 15 is 0 Å². The Morgan fingerprint density at radius 1 is 1.29 bits per heavy atom. The number of nitrogens with zero attached hydrogens (tertiary/aromatic N) is 3. The minimum Gasteiger partial charge on any atom is -0.379 e. The predicted octanol–water partition coefficient (Wildman–Crippen LogP) is 0.759. The summed E-state index contributed by atoms with van der Waals surface area (Å²) in [6.45, 7) is 10.6. The molecule has 2 amide bonds. The molecule has 0 unspecified atom stereocenters. The van der Waals surface area contributed by atoms with Crippen molar-refractivity contribution in [1.82, 2.24) is 20.3 Å². The van der Waals surface area contributed by atoms with Crippen LogP contribution in [-0.2, 0) is 4.74 Å². The van der Waals surface area contributed by atoms with E-state index in [1.54, 1.807) is 13.0 Å². The van der Waals surface area contributed by atoms with Crippen LogP contribution in [0.3, 0.4) is 0 Å². The highest BCUT2D eigenvalue weighted by Gasteiger charge is 2.23. The highest BCUT2D eigenvalue weighted by Crippen LogP contribution is 2.15. The number of aromatic nitrogens is 1. The predicted molar refractivity (Wildman–Crippen MR) is 90.1 cm³/mol. The number of hydrogen-bond acceptors (Lipinski definition) is 6. The van der Waals surface area contributed by atoms with Gasteiger partial charge in [-0.3, -0.25) is 10.2 Å². The topological polar surface area (TPSA) is 82.9 Å². The van der Waals surface area contributed by atoms with Gasteiger partial charge in [-0.25, -0.2) is 4.79 Å². The zero-order valence-corrected chi connectivity index (χ0v) is 14.3. The van der Waals surface area contributed by atoms with Crippen molar-refractivity contribution in [2.75, 3.05) is 64.3 Å². The van der Waals surface area contributed by atoms with E-state index in [4.69, 9.17) is 9.26 Å². The Balaban J connectivity index is 1.30. The van der Waals surface area contributed by atoms with Crippen LogP contribution in [0.2, 0.25) is 0 Å². The summed E-state index contributed by atoms with van der Waals surface area (Å²) < 4.78 is 10.3. The van der Waals surface area contributed by atoms with Gasteiger partial charge in [0.25, 0.3) is 0 Å². The molecule has 134 valence electrons. The highest BCUT2D eigenvalue weighted by atomic mass is 16.5. The molecule has 8 heteroatoms. The van der Waals surface area contributed by atoms with Crippen LogP contribution in [0.5, 0.6) is 0 Å². The molecule has 1 aromatic heterocycles. The van der Waals surface area contributed by atoms with Crippen molar-refractivity contribution >= 4 is 11.8 Å². The molecule has 2 aliphatic rings. The third-order valence-electron chi connectivity index (χ3n) is 4.63. The van der Waals surface area contributed by atoms with Crippen LogP contribution >= 0.6 is 0 Å². The standard InChI is InChI=1S/C16H27N5O3/c1-13-10-15(19-24-13)18-16(22)17-11-14-2-3-21(12-14)5-4-20-6-8-23-9-7-20/h10,14H,2-9,11-12H2,1H3,(H2,17,18,19,22)/t14-/m0/s1. The Hall–Kier alpha value is -1.64. The van der Waals surface area contributed by atoms with Crippen molar-refractivity contribution in [3.8, 4) is 0 Å². The van der Waals surface area contributed by atoms with Crippen LogP contribution < -0.4 is 10.6 Å². The second-order valence-electron chi connectivity index (χ2n) is 6.57. The van der Waals surface area contributed by atoms with E-state index in [1.165, 1.54) is 0 Å². The Labute approximate surface area is 142 Å². The minimum atomic E-state index is -0.227. The van der Waals surface area contributed by atoms with E-state index < -0.39 is 0 Å². The number of morpholine rings is 1. The minimum absolute atomic E-state index is 0.227. The van der Waals surface area contributed by atoms with Crippen molar-refractivity contribution in [3.63, 3.8) is 0 Å². The van der Waals surface area contributed by atoms with E-state index in [-0.39, 0.29) is 6.03 Å². The molecule has 24 heavy (non-hydrogen) atoms. The van der Waals surface area contributed by atoms with Gasteiger partial charge in [0.2, 0.25) is 0 Å². The molecule has 8 nitrogen and oxygen atoms in total. The molecule has 0 aliphatic carbocycles. The lowest BCUT2D eigenvalue weighted by molar-refractivity contribution is 0.0343. The average Bonchev–Trinajstić information content (AvgIpc) is 3.21. The van der Waals surface area contributed by atoms with Gasteiger partial charge in [0.05, 0.1) is 13.2 Å². The van der Waals surface area contributed by atoms with Gasteiger partial charge in [-0.15, -0.1) is 0 Å². The normalized spacial score (nSPS) is 22.6. The summed E-state index contributed by atoms with van der Waals surface area (Å²) in [4.78, 5) is 16.8. The number of carbonyl (C=O) groups is 1. The molecule has 2 fully saturated rings. The lowest BCUT2D eigenvalue weighted by Gasteiger charge is -2.28. The van der Waals surface area contributed by atoms with Crippen LogP contribution in [0.1, 0.15) is 12.2 Å². The van der Waals surface area contributed by atoms with Crippen molar-refractivity contribution in [2.45, 2.75) is 13.3 Å². The first kappa shape index (κ1) is 17.2. The number of hydrogen-bond donors (Lipinski definition) is 2. The van der Waals surface area contributed by atoms with Crippen LogP contribution in [0, 0.1) is 12.8 Å². The van der Waals surface area contributed by atoms with Gasteiger partial charge in [-0.2, -0.15) is 0 Å². The Bertz CT molecular complexity index is 530. The summed E-state index contributed by atoms with van der Waals surface area (Å²) in [7, 11) is 0. The average molecular weight is 337 g/mol. The molecule has 3 heterocycles. The molecule has 0 aromatic carbocycles. The van der Waals surface area contributed by atoms with Gasteiger partial charge in [0.1, 0.15) is 5.76 Å². The number of anilines is 1. The van der Waals surface area contributed by atoms with E-state index in [1.807, 2.05) is 0 Å². The number of urea groups is 1. The fraction of sp³-hybridized carbons (Fsp3) is 0.750. The number of ether oxygens (including phenoxy) is 1. The maximum atomic E-state index is 11.9. The van der Waals surface area contributed by atoms with Gasteiger partial charge in [0, 0.05) is 45.3 Å². The third-order valence-corrected chi connectivity index (χ3v) is 4.63. The molecule has 3 rings (SSSR count). The lowest BCUT2D eigenvalue weighted by atomic mass is 10.1. The molecular weight excluding hydrogens is 310 g/mol. The van der Waals surface area contributed by atoms with Crippen LogP contribution in [0.15, 0.2) is 10.6 Å². The van der Waals surface area contributed by atoms with Crippen molar-refractivity contribution < 1.29 is 14.1 Å². The summed E-state index contributed by atoms with van der Waals surface area (Å²) in [6.07, 6.45) is 1.13. The summed E-state index contributed by atoms with van der Waals surface area (Å²) in [5.74, 6) is 1.64. The number of likely N-dealkylation sites (tertiary alicyclic amines) is 1. The second kappa shape index (κ2) is 8.46. The maximum absolute atomic E-state index is 11.9. The molecule has 0 saturated carbocycles. The molecule has 0 spiro atoms. The first-order valence-corrected chi connectivity index (χ1v) is 8.69. The monoisotopic (exact) mass is 337 g/mol. The quantitative estimate of drug-likeness (QED) is 0.797. The molecule has 0 bridgehead atoms. The fourth-order valence-corrected chi connectivity index (χ4v) is 3.21. The summed E-state index contributed by atoms with van der Waals surface area (Å²) in [6, 6.07) is 1.47. The van der Waals surface area contributed by atoms with E-state index in [9.17, 15) is 4.79 Å². The number of aryl methyl sites for hydroxylation is 1. The van der Waals surface area contributed by atoms with Crippen LogP contribution in [0.25, 0.3) is 0 Å². The van der Waals surface area contributed by atoms with Crippen molar-refractivity contribution in [2.24, 2.45) is 5.92 Å². The van der Waals surface area contributed by atoms with E-state index in [0.29, 0.717) is 24.0 Å². The third kappa shape index (κ3) is 5.19. The van der Waals surface area contributed by atoms with Crippen LogP contribution in [-0.4, -0.2) is 80.0 Å². The number of nitrogens with one attached hydrogen (secondary N) is 2. The second-order valence-corrected chi connectivity index (χ2v) is 6.57. The van der Waals surface area contributed by atoms with Gasteiger partial charge in [0.15, 0.2) is 5.82 Å². The SMILES string of the molecule is Cc1cc(NC(=O)NC[C@@H]2CCN(CCN3CCOCC3)C2)no1. The zero-order chi connectivity index (χ0) is 16.8. The summed E-state index contributed by atoms with van der Waals surface area (Å²) >= 11 is 0. The molecule has 1 atom stereocenters. The number of rotatable bonds is 6. The van der Waals surface area contributed by atoms with Crippen molar-refractivity contribution in [1.29, 1.82) is 0 Å². The van der Waals surface area contributed by atoms with Crippen molar-refractivity contribution in [3.05, 3.63) is 11.8 Å². The Kier molecular flexibility index (Phi) is 6.06. The smallest absolute Gasteiger partial charge is 0.320 e. The molecular formula is C16H27N5O3. The zero-order valence-electron chi connectivity index (χ0n) is 14.3. The molecule has 2 aliphatic heterocycles. The Morgan fingerprint density at radius 2 is 2.08 bits per heavy atom. The molecule has 1 aromatic rings. The molecule has 2 N–H and O–H groups in total. The maximum Gasteiger partial charge on any atom is 0.320 e. The first-order chi connectivity index (χ1) is 11.7. The Morgan fingerprint density at radius 3 is 2.83 bits per heavy atom. The number of amides is 2. The number of carbonyl (C=O) groups excluding carboxylic acids is 1. The first-order valence-electron chi connectivity index (χ1n) is 8.69. The van der Waals surface area contributed by atoms with E-state index in [0.717, 1.165) is 58.9 Å². The van der Waals surface area contributed by atoms with Gasteiger partial charge < -0.3 is 19.5 Å². The molecule has 0 radical (unpaired) electrons. The van der Waals surface area contributed by atoms with Gasteiger partial charge in [-0.05, 0) is 25.8 Å². The lowest BCUT2D eigenvalue weighted by Crippen LogP contribution is -2.41. The molecule has 2 saturated heterocycles. The van der Waals surface area contributed by atoms with Crippen LogP contribution in [0.4, 0.5) is 10.6 Å². The van der Waals surface area contributed by atoms with E-state index in [2.05, 4.69) is 25.6 Å². The largest absolute Gasteiger partial charge is 0.379 e. The van der Waals surface area contributed by atoms with Gasteiger partial charge in [-0.1, -0.05) is 5.16 Å². The highest BCUT2D eigenvalue weighted by molar-refractivity contribution is 5.88. The van der Waals surface area contributed by atoms with Gasteiger partial charge >= 0.3 is 6.03 Å². The summed E-state index contributed by atoms with van der Waals surface area (Å²) in [5, 5.41) is 9.35.